The van der Waals surface area contributed by atoms with E-state index in [0.29, 0.717) is 34.8 Å². The van der Waals surface area contributed by atoms with E-state index in [2.05, 4.69) is 15.9 Å². The van der Waals surface area contributed by atoms with E-state index >= 15 is 0 Å². The van der Waals surface area contributed by atoms with Gasteiger partial charge in [-0.1, -0.05) is 0 Å². The predicted molar refractivity (Wildman–Crippen MR) is 101 cm³/mol. The molecule has 1 aliphatic heterocycles. The summed E-state index contributed by atoms with van der Waals surface area (Å²) in [5.41, 5.74) is 0.489. The normalized spacial score (nSPS) is 18.6. The zero-order valence-corrected chi connectivity index (χ0v) is 16.8. The third-order valence-corrected chi connectivity index (χ3v) is 6.45. The van der Waals surface area contributed by atoms with Gasteiger partial charge in [-0.25, -0.2) is 8.42 Å². The van der Waals surface area contributed by atoms with Crippen LogP contribution in [0, 0.1) is 0 Å². The number of ether oxygens (including phenoxy) is 1. The Morgan fingerprint density at radius 2 is 2.00 bits per heavy atom. The minimum atomic E-state index is -3.11. The van der Waals surface area contributed by atoms with Gasteiger partial charge in [0.1, 0.15) is 11.5 Å². The number of carbonyl (C=O) groups excluding carboxylic acids is 1. The van der Waals surface area contributed by atoms with Gasteiger partial charge < -0.3 is 14.1 Å². The fraction of sp³-hybridized carbons (Fsp3) is 0.389. The minimum Gasteiger partial charge on any atom is -0.494 e. The second kappa shape index (κ2) is 7.84. The predicted octanol–water partition coefficient (Wildman–Crippen LogP) is 3.27. The van der Waals surface area contributed by atoms with E-state index in [-0.39, 0.29) is 30.0 Å². The van der Waals surface area contributed by atoms with Crippen molar-refractivity contribution in [1.29, 1.82) is 0 Å². The van der Waals surface area contributed by atoms with Gasteiger partial charge in [0, 0.05) is 11.6 Å². The van der Waals surface area contributed by atoms with Gasteiger partial charge in [0.15, 0.2) is 14.5 Å². The fourth-order valence-corrected chi connectivity index (χ4v) is 5.09. The van der Waals surface area contributed by atoms with Gasteiger partial charge in [-0.2, -0.15) is 0 Å². The van der Waals surface area contributed by atoms with Crippen molar-refractivity contribution in [3.8, 4) is 5.75 Å². The van der Waals surface area contributed by atoms with Crippen molar-refractivity contribution in [2.24, 2.45) is 0 Å². The smallest absolute Gasteiger partial charge is 0.254 e. The highest BCUT2D eigenvalue weighted by molar-refractivity contribution is 9.10. The quantitative estimate of drug-likeness (QED) is 0.687. The Morgan fingerprint density at radius 3 is 2.54 bits per heavy atom. The van der Waals surface area contributed by atoms with Crippen molar-refractivity contribution >= 4 is 31.7 Å². The lowest BCUT2D eigenvalue weighted by Gasteiger charge is -2.27. The molecule has 0 saturated carbocycles. The number of halogens is 1. The summed E-state index contributed by atoms with van der Waals surface area (Å²) in [5, 5.41) is 0. The summed E-state index contributed by atoms with van der Waals surface area (Å²) in [6, 6.07) is 10.0. The molecule has 0 unspecified atom stereocenters. The number of sulfone groups is 1. The van der Waals surface area contributed by atoms with E-state index in [9.17, 15) is 13.2 Å². The molecule has 0 radical (unpaired) electrons. The van der Waals surface area contributed by atoms with Gasteiger partial charge >= 0.3 is 0 Å². The molecule has 140 valence electrons. The highest BCUT2D eigenvalue weighted by Gasteiger charge is 2.35. The maximum absolute atomic E-state index is 13.1. The molecule has 1 aromatic heterocycles. The summed E-state index contributed by atoms with van der Waals surface area (Å²) in [4.78, 5) is 14.6. The lowest BCUT2D eigenvalue weighted by Crippen LogP contribution is -2.40. The van der Waals surface area contributed by atoms with Gasteiger partial charge in [0.05, 0.1) is 24.7 Å². The molecule has 0 spiro atoms. The Hall–Kier alpha value is -1.80. The first-order chi connectivity index (χ1) is 12.4. The zero-order valence-electron chi connectivity index (χ0n) is 14.4. The maximum atomic E-state index is 13.1. The molecule has 1 amide bonds. The van der Waals surface area contributed by atoms with Crippen molar-refractivity contribution in [2.45, 2.75) is 25.9 Å². The zero-order chi connectivity index (χ0) is 18.7. The summed E-state index contributed by atoms with van der Waals surface area (Å²) in [6.07, 6.45) is 0.437. The number of nitrogens with zero attached hydrogens (tertiary/aromatic N) is 1. The largest absolute Gasteiger partial charge is 0.494 e. The molecular weight excluding hydrogens is 422 g/mol. The Labute approximate surface area is 161 Å². The number of amides is 1. The molecular formula is C18H20BrNO5S. The van der Waals surface area contributed by atoms with E-state index in [0.717, 1.165) is 0 Å². The third-order valence-electron chi connectivity index (χ3n) is 4.28. The third kappa shape index (κ3) is 4.48. The van der Waals surface area contributed by atoms with E-state index in [1.54, 1.807) is 41.3 Å². The van der Waals surface area contributed by atoms with Crippen molar-refractivity contribution < 1.29 is 22.4 Å². The number of hydrogen-bond acceptors (Lipinski definition) is 5. The van der Waals surface area contributed by atoms with E-state index in [4.69, 9.17) is 9.15 Å². The van der Waals surface area contributed by atoms with Crippen molar-refractivity contribution in [3.05, 3.63) is 52.4 Å². The van der Waals surface area contributed by atoms with Crippen LogP contribution in [0.15, 0.2) is 45.5 Å². The van der Waals surface area contributed by atoms with Crippen LogP contribution in [-0.4, -0.2) is 43.4 Å². The number of benzene rings is 1. The summed E-state index contributed by atoms with van der Waals surface area (Å²) >= 11 is 3.25. The lowest BCUT2D eigenvalue weighted by atomic mass is 10.1. The molecule has 1 saturated heterocycles. The number of hydrogen-bond donors (Lipinski definition) is 0. The Kier molecular flexibility index (Phi) is 5.72. The number of carbonyl (C=O) groups is 1. The van der Waals surface area contributed by atoms with Crippen LogP contribution in [0.2, 0.25) is 0 Å². The van der Waals surface area contributed by atoms with Crippen LogP contribution in [0.4, 0.5) is 0 Å². The molecule has 1 atom stereocenters. The maximum Gasteiger partial charge on any atom is 0.254 e. The van der Waals surface area contributed by atoms with Gasteiger partial charge in [-0.05, 0) is 65.7 Å². The van der Waals surface area contributed by atoms with Gasteiger partial charge in [-0.15, -0.1) is 0 Å². The molecule has 0 bridgehead atoms. The Morgan fingerprint density at radius 1 is 1.27 bits per heavy atom. The molecule has 8 heteroatoms. The first-order valence-electron chi connectivity index (χ1n) is 8.36. The van der Waals surface area contributed by atoms with E-state index in [1.807, 2.05) is 6.92 Å². The average molecular weight is 442 g/mol. The summed E-state index contributed by atoms with van der Waals surface area (Å²) in [5.74, 6) is 1.15. The Bertz CT molecular complexity index is 875. The van der Waals surface area contributed by atoms with Crippen LogP contribution < -0.4 is 4.74 Å². The number of furan rings is 1. The van der Waals surface area contributed by atoms with Crippen LogP contribution in [0.3, 0.4) is 0 Å². The van der Waals surface area contributed by atoms with Gasteiger partial charge in [0.25, 0.3) is 5.91 Å². The molecule has 0 aliphatic carbocycles. The molecule has 0 N–H and O–H groups in total. The monoisotopic (exact) mass is 441 g/mol. The first kappa shape index (κ1) is 19.0. The summed E-state index contributed by atoms with van der Waals surface area (Å²) < 4.78 is 35.3. The molecule has 2 aromatic rings. The lowest BCUT2D eigenvalue weighted by molar-refractivity contribution is 0.0665. The second-order valence-corrected chi connectivity index (χ2v) is 9.16. The minimum absolute atomic E-state index is 0.0162. The van der Waals surface area contributed by atoms with Crippen LogP contribution in [-0.2, 0) is 16.4 Å². The van der Waals surface area contributed by atoms with Gasteiger partial charge in [0.2, 0.25) is 0 Å². The van der Waals surface area contributed by atoms with Crippen molar-refractivity contribution in [1.82, 2.24) is 4.90 Å². The molecule has 3 rings (SSSR count). The fourth-order valence-electron chi connectivity index (χ4n) is 3.02. The molecule has 1 aliphatic rings. The summed E-state index contributed by atoms with van der Waals surface area (Å²) in [6.45, 7) is 2.66. The van der Waals surface area contributed by atoms with Crippen LogP contribution in [0.25, 0.3) is 0 Å². The Balaban J connectivity index is 1.85. The second-order valence-electron chi connectivity index (χ2n) is 6.15. The topological polar surface area (TPSA) is 76.8 Å². The molecule has 2 heterocycles. The van der Waals surface area contributed by atoms with Crippen LogP contribution in [0.1, 0.15) is 29.5 Å². The SMILES string of the molecule is CCOc1ccc(C(=O)N(Cc2ccc(Br)o2)[C@@H]2CCS(=O)(=O)C2)cc1. The molecule has 26 heavy (non-hydrogen) atoms. The highest BCUT2D eigenvalue weighted by atomic mass is 79.9. The number of rotatable bonds is 6. The van der Waals surface area contributed by atoms with E-state index < -0.39 is 9.84 Å². The van der Waals surface area contributed by atoms with Crippen molar-refractivity contribution in [3.63, 3.8) is 0 Å². The average Bonchev–Trinajstić information content (AvgIpc) is 3.18. The van der Waals surface area contributed by atoms with E-state index in [1.165, 1.54) is 0 Å². The molecule has 1 fully saturated rings. The van der Waals surface area contributed by atoms with Crippen LogP contribution >= 0.6 is 15.9 Å². The summed E-state index contributed by atoms with van der Waals surface area (Å²) in [7, 11) is -3.11. The molecule has 1 aromatic carbocycles. The van der Waals surface area contributed by atoms with Crippen molar-refractivity contribution in [2.75, 3.05) is 18.1 Å². The standard InChI is InChI=1S/C18H20BrNO5S/c1-2-24-15-5-3-13(4-6-15)18(21)20(11-16-7-8-17(19)25-16)14-9-10-26(22,23)12-14/h3-8,14H,2,9-12H2,1H3/t14-/m1/s1. The van der Waals surface area contributed by atoms with Gasteiger partial charge in [-0.3, -0.25) is 4.79 Å². The first-order valence-corrected chi connectivity index (χ1v) is 11.0. The molecule has 6 nitrogen and oxygen atoms in total. The highest BCUT2D eigenvalue weighted by Crippen LogP contribution is 2.24. The van der Waals surface area contributed by atoms with Crippen LogP contribution in [0.5, 0.6) is 5.75 Å².